The fraction of sp³-hybridized carbons (Fsp3) is 0.0625. The second kappa shape index (κ2) is 5.84. The molecule has 0 aliphatic heterocycles. The Labute approximate surface area is 129 Å². The third-order valence-corrected chi connectivity index (χ3v) is 4.41. The quantitative estimate of drug-likeness (QED) is 0.631. The molecule has 0 aliphatic rings. The van der Waals surface area contributed by atoms with Crippen molar-refractivity contribution in [2.24, 2.45) is 0 Å². The first-order chi connectivity index (χ1) is 10.2. The lowest BCUT2D eigenvalue weighted by Gasteiger charge is -2.06. The van der Waals surface area contributed by atoms with E-state index in [2.05, 4.69) is 0 Å². The zero-order chi connectivity index (χ0) is 14.8. The summed E-state index contributed by atoms with van der Waals surface area (Å²) in [5, 5.41) is 3.02. The van der Waals surface area contributed by atoms with Crippen LogP contribution in [0.5, 0.6) is 0 Å². The molecule has 1 aromatic heterocycles. The van der Waals surface area contributed by atoms with Crippen LogP contribution in [-0.2, 0) is 11.3 Å². The van der Waals surface area contributed by atoms with Gasteiger partial charge >= 0.3 is 5.97 Å². The van der Waals surface area contributed by atoms with Crippen LogP contribution < -0.4 is 0 Å². The average molecular weight is 321 g/mol. The fourth-order valence-corrected chi connectivity index (χ4v) is 3.24. The maximum atomic E-state index is 13.6. The number of halogens is 2. The summed E-state index contributed by atoms with van der Waals surface area (Å²) in [6, 6.07) is 11.9. The molecule has 0 saturated carbocycles. The highest BCUT2D eigenvalue weighted by Crippen LogP contribution is 2.27. The highest BCUT2D eigenvalue weighted by atomic mass is 35.5. The van der Waals surface area contributed by atoms with Crippen LogP contribution in [0.2, 0.25) is 5.02 Å². The molecule has 0 fully saturated rings. The first kappa shape index (κ1) is 14.0. The Morgan fingerprint density at radius 3 is 2.81 bits per heavy atom. The third kappa shape index (κ3) is 2.77. The van der Waals surface area contributed by atoms with Gasteiger partial charge in [-0.15, -0.1) is 11.3 Å². The largest absolute Gasteiger partial charge is 0.457 e. The molecule has 2 aromatic carbocycles. The molecular weight excluding hydrogens is 311 g/mol. The van der Waals surface area contributed by atoms with E-state index < -0.39 is 11.8 Å². The van der Waals surface area contributed by atoms with E-state index in [0.29, 0.717) is 0 Å². The summed E-state index contributed by atoms with van der Waals surface area (Å²) in [5.74, 6) is -1.43. The van der Waals surface area contributed by atoms with E-state index >= 15 is 0 Å². The molecule has 0 amide bonds. The number of carbonyl (C=O) groups excluding carboxylic acids is 1. The predicted octanol–water partition coefficient (Wildman–Crippen LogP) is 5.05. The Hall–Kier alpha value is -1.91. The van der Waals surface area contributed by atoms with Gasteiger partial charge in [0, 0.05) is 10.3 Å². The van der Waals surface area contributed by atoms with E-state index in [1.807, 2.05) is 29.6 Å². The second-order valence-electron chi connectivity index (χ2n) is 4.43. The first-order valence-electron chi connectivity index (χ1n) is 6.23. The summed E-state index contributed by atoms with van der Waals surface area (Å²) in [6.45, 7) is 0.0908. The molecule has 0 bridgehead atoms. The number of benzene rings is 2. The maximum Gasteiger partial charge on any atom is 0.342 e. The van der Waals surface area contributed by atoms with Gasteiger partial charge in [0.15, 0.2) is 0 Å². The van der Waals surface area contributed by atoms with E-state index in [1.165, 1.54) is 18.2 Å². The Bertz CT molecular complexity index is 793. The number of ether oxygens (including phenoxy) is 1. The van der Waals surface area contributed by atoms with Crippen LogP contribution in [0.25, 0.3) is 10.1 Å². The summed E-state index contributed by atoms with van der Waals surface area (Å²) in [6.07, 6.45) is 0. The van der Waals surface area contributed by atoms with Gasteiger partial charge < -0.3 is 4.74 Å². The molecule has 0 saturated heterocycles. The summed E-state index contributed by atoms with van der Waals surface area (Å²) in [7, 11) is 0. The van der Waals surface area contributed by atoms with E-state index in [9.17, 15) is 9.18 Å². The van der Waals surface area contributed by atoms with E-state index in [1.54, 1.807) is 11.3 Å². The summed E-state index contributed by atoms with van der Waals surface area (Å²) in [5.41, 5.74) is 0.676. The molecule has 106 valence electrons. The lowest BCUT2D eigenvalue weighted by Crippen LogP contribution is -2.08. The highest BCUT2D eigenvalue weighted by molar-refractivity contribution is 7.17. The minimum absolute atomic E-state index is 0.0511. The Kier molecular flexibility index (Phi) is 3.90. The number of thiophene rings is 1. The van der Waals surface area contributed by atoms with Crippen LogP contribution in [-0.4, -0.2) is 5.97 Å². The minimum atomic E-state index is -0.756. The predicted molar refractivity (Wildman–Crippen MR) is 82.4 cm³/mol. The minimum Gasteiger partial charge on any atom is -0.457 e. The van der Waals surface area contributed by atoms with Crippen LogP contribution >= 0.6 is 22.9 Å². The van der Waals surface area contributed by atoms with Gasteiger partial charge in [-0.25, -0.2) is 9.18 Å². The zero-order valence-corrected chi connectivity index (χ0v) is 12.4. The highest BCUT2D eigenvalue weighted by Gasteiger charge is 2.17. The first-order valence-corrected chi connectivity index (χ1v) is 7.49. The summed E-state index contributed by atoms with van der Waals surface area (Å²) in [4.78, 5) is 12.0. The molecule has 0 N–H and O–H groups in total. The van der Waals surface area contributed by atoms with Crippen molar-refractivity contribution in [1.82, 2.24) is 0 Å². The van der Waals surface area contributed by atoms with Crippen molar-refractivity contribution in [1.29, 1.82) is 0 Å². The molecule has 5 heteroatoms. The lowest BCUT2D eigenvalue weighted by atomic mass is 10.2. The van der Waals surface area contributed by atoms with Crippen LogP contribution in [0.4, 0.5) is 4.39 Å². The normalized spacial score (nSPS) is 10.8. The van der Waals surface area contributed by atoms with Crippen molar-refractivity contribution in [3.8, 4) is 0 Å². The molecule has 0 aliphatic carbocycles. The number of hydrogen-bond donors (Lipinski definition) is 0. The lowest BCUT2D eigenvalue weighted by molar-refractivity contribution is 0.0469. The summed E-state index contributed by atoms with van der Waals surface area (Å²) >= 11 is 7.42. The molecule has 0 unspecified atom stereocenters. The van der Waals surface area contributed by atoms with Crippen molar-refractivity contribution in [2.75, 3.05) is 0 Å². The van der Waals surface area contributed by atoms with E-state index in [0.717, 1.165) is 15.6 Å². The van der Waals surface area contributed by atoms with Crippen molar-refractivity contribution < 1.29 is 13.9 Å². The number of rotatable bonds is 3. The molecule has 3 aromatic rings. The molecule has 1 heterocycles. The molecule has 0 spiro atoms. The van der Waals surface area contributed by atoms with Gasteiger partial charge in [0.1, 0.15) is 18.0 Å². The van der Waals surface area contributed by atoms with Gasteiger partial charge in [-0.1, -0.05) is 35.9 Å². The van der Waals surface area contributed by atoms with Gasteiger partial charge in [0.05, 0.1) is 5.02 Å². The second-order valence-corrected chi connectivity index (χ2v) is 5.75. The van der Waals surface area contributed by atoms with Crippen molar-refractivity contribution in [3.63, 3.8) is 0 Å². The summed E-state index contributed by atoms with van der Waals surface area (Å²) < 4.78 is 19.9. The van der Waals surface area contributed by atoms with Crippen LogP contribution in [0, 0.1) is 5.82 Å². The van der Waals surface area contributed by atoms with E-state index in [-0.39, 0.29) is 17.2 Å². The Morgan fingerprint density at radius 1 is 1.19 bits per heavy atom. The van der Waals surface area contributed by atoms with E-state index in [4.69, 9.17) is 16.3 Å². The van der Waals surface area contributed by atoms with Crippen LogP contribution in [0.3, 0.4) is 0 Å². The number of fused-ring (bicyclic) bond motifs is 1. The molecular formula is C16H10ClFO2S. The van der Waals surface area contributed by atoms with Crippen molar-refractivity contribution in [2.45, 2.75) is 6.61 Å². The molecule has 3 rings (SSSR count). The SMILES string of the molecule is O=C(OCc1csc2ccccc12)c1c(F)cccc1Cl. The third-order valence-electron chi connectivity index (χ3n) is 3.09. The number of hydrogen-bond acceptors (Lipinski definition) is 3. The van der Waals surface area contributed by atoms with Gasteiger partial charge in [-0.3, -0.25) is 0 Å². The topological polar surface area (TPSA) is 26.3 Å². The molecule has 2 nitrogen and oxygen atoms in total. The maximum absolute atomic E-state index is 13.6. The Balaban J connectivity index is 1.80. The number of carbonyl (C=O) groups is 1. The van der Waals surface area contributed by atoms with Crippen molar-refractivity contribution in [3.05, 3.63) is 69.8 Å². The Morgan fingerprint density at radius 2 is 2.00 bits per heavy atom. The number of esters is 1. The van der Waals surface area contributed by atoms with Gasteiger partial charge in [-0.2, -0.15) is 0 Å². The zero-order valence-electron chi connectivity index (χ0n) is 10.8. The van der Waals surface area contributed by atoms with Crippen LogP contribution in [0.1, 0.15) is 15.9 Å². The van der Waals surface area contributed by atoms with Gasteiger partial charge in [0.2, 0.25) is 0 Å². The van der Waals surface area contributed by atoms with Gasteiger partial charge in [-0.05, 0) is 29.0 Å². The van der Waals surface area contributed by atoms with Crippen LogP contribution in [0.15, 0.2) is 47.8 Å². The molecule has 0 atom stereocenters. The molecule has 21 heavy (non-hydrogen) atoms. The monoisotopic (exact) mass is 320 g/mol. The smallest absolute Gasteiger partial charge is 0.342 e. The van der Waals surface area contributed by atoms with Crippen molar-refractivity contribution >= 4 is 39.0 Å². The fourth-order valence-electron chi connectivity index (χ4n) is 2.05. The average Bonchev–Trinajstić information content (AvgIpc) is 2.88. The standard InChI is InChI=1S/C16H10ClFO2S/c17-12-5-3-6-13(18)15(12)16(19)20-8-10-9-21-14-7-2-1-4-11(10)14/h1-7,9H,8H2. The van der Waals surface area contributed by atoms with Gasteiger partial charge in [0.25, 0.3) is 0 Å². The molecule has 0 radical (unpaired) electrons.